The minimum absolute atomic E-state index is 0.138. The highest BCUT2D eigenvalue weighted by molar-refractivity contribution is 7.87. The van der Waals surface area contributed by atoms with Gasteiger partial charge in [-0.15, -0.1) is 0 Å². The monoisotopic (exact) mass is 430 g/mol. The average Bonchev–Trinajstić information content (AvgIpc) is 3.06. The minimum atomic E-state index is -4.38. The summed E-state index contributed by atoms with van der Waals surface area (Å²) in [6, 6.07) is 8.33. The van der Waals surface area contributed by atoms with E-state index in [1.165, 1.54) is 22.8 Å². The highest BCUT2D eigenvalue weighted by Gasteiger charge is 2.31. The molecule has 11 heteroatoms. The summed E-state index contributed by atoms with van der Waals surface area (Å²) in [6.45, 7) is 3.58. The third-order valence-electron chi connectivity index (χ3n) is 4.18. The van der Waals surface area contributed by atoms with Crippen molar-refractivity contribution in [2.24, 2.45) is 5.11 Å². The smallest absolute Gasteiger partial charge is 0.357 e. The first-order chi connectivity index (χ1) is 14.3. The van der Waals surface area contributed by atoms with Crippen molar-refractivity contribution < 1.29 is 17.0 Å². The fourth-order valence-electron chi connectivity index (χ4n) is 2.88. The summed E-state index contributed by atoms with van der Waals surface area (Å²) >= 11 is 0. The van der Waals surface area contributed by atoms with Crippen molar-refractivity contribution in [3.8, 4) is 5.75 Å². The maximum atomic E-state index is 13.5. The van der Waals surface area contributed by atoms with Crippen LogP contribution in [-0.2, 0) is 23.2 Å². The summed E-state index contributed by atoms with van der Waals surface area (Å²) in [5, 5.41) is 3.37. The summed E-state index contributed by atoms with van der Waals surface area (Å²) in [5.41, 5.74) is 9.74. The molecule has 2 heterocycles. The molecule has 3 rings (SSSR count). The van der Waals surface area contributed by atoms with Crippen molar-refractivity contribution in [1.29, 1.82) is 0 Å². The van der Waals surface area contributed by atoms with Crippen LogP contribution in [0.2, 0.25) is 0 Å². The third-order valence-corrected chi connectivity index (χ3v) is 5.49. The second-order valence-electron chi connectivity index (χ2n) is 6.70. The van der Waals surface area contributed by atoms with Gasteiger partial charge in [-0.1, -0.05) is 25.0 Å². The second kappa shape index (κ2) is 8.93. The molecule has 30 heavy (non-hydrogen) atoms. The molecule has 156 valence electrons. The normalized spacial score (nSPS) is 11.3. The number of pyridine rings is 1. The molecule has 0 atom stereocenters. The van der Waals surface area contributed by atoms with Crippen LogP contribution in [0.25, 0.3) is 10.4 Å². The summed E-state index contributed by atoms with van der Waals surface area (Å²) in [6.07, 6.45) is 3.17. The van der Waals surface area contributed by atoms with Crippen LogP contribution in [-0.4, -0.2) is 23.0 Å². The molecule has 0 aliphatic carbocycles. The van der Waals surface area contributed by atoms with E-state index in [2.05, 4.69) is 20.0 Å². The molecule has 0 amide bonds. The van der Waals surface area contributed by atoms with Gasteiger partial charge in [0.2, 0.25) is 0 Å². The molecule has 0 bridgehead atoms. The van der Waals surface area contributed by atoms with Crippen LogP contribution in [0.15, 0.2) is 58.9 Å². The molecule has 0 N–H and O–H groups in total. The van der Waals surface area contributed by atoms with Crippen molar-refractivity contribution >= 4 is 10.1 Å². The third kappa shape index (κ3) is 4.76. The van der Waals surface area contributed by atoms with E-state index in [1.807, 2.05) is 0 Å². The van der Waals surface area contributed by atoms with Gasteiger partial charge in [0.1, 0.15) is 17.4 Å². The van der Waals surface area contributed by atoms with E-state index < -0.39 is 15.9 Å². The highest BCUT2D eigenvalue weighted by Crippen LogP contribution is 2.29. The van der Waals surface area contributed by atoms with Crippen molar-refractivity contribution in [2.75, 3.05) is 0 Å². The number of aromatic nitrogens is 3. The van der Waals surface area contributed by atoms with Crippen molar-refractivity contribution in [2.45, 2.75) is 37.9 Å². The lowest BCUT2D eigenvalue weighted by atomic mass is 10.1. The predicted molar refractivity (Wildman–Crippen MR) is 107 cm³/mol. The quantitative estimate of drug-likeness (QED) is 0.230. The molecular formula is C19H19FN6O3S. The Labute approximate surface area is 172 Å². The van der Waals surface area contributed by atoms with E-state index in [-0.39, 0.29) is 41.3 Å². The number of benzene rings is 1. The zero-order valence-electron chi connectivity index (χ0n) is 16.3. The zero-order valence-corrected chi connectivity index (χ0v) is 17.1. The Kier molecular flexibility index (Phi) is 6.34. The molecule has 0 saturated carbocycles. The fraction of sp³-hybridized carbons (Fsp3) is 0.263. The highest BCUT2D eigenvalue weighted by atomic mass is 32.2. The molecule has 9 nitrogen and oxygen atoms in total. The van der Waals surface area contributed by atoms with Crippen LogP contribution in [0.4, 0.5) is 4.39 Å². The molecule has 1 aromatic carbocycles. The molecule has 0 spiro atoms. The summed E-state index contributed by atoms with van der Waals surface area (Å²) < 4.78 is 46.6. The summed E-state index contributed by atoms with van der Waals surface area (Å²) in [4.78, 5) is 11.1. The Morgan fingerprint density at radius 2 is 2.00 bits per heavy atom. The topological polar surface area (TPSA) is 123 Å². The second-order valence-corrected chi connectivity index (χ2v) is 8.16. The maximum Gasteiger partial charge on any atom is 0.357 e. The molecule has 2 aromatic heterocycles. The molecule has 0 fully saturated rings. The van der Waals surface area contributed by atoms with Crippen LogP contribution in [0, 0.1) is 5.82 Å². The van der Waals surface area contributed by atoms with Crippen molar-refractivity contribution in [1.82, 2.24) is 14.5 Å². The zero-order chi connectivity index (χ0) is 21.7. The van der Waals surface area contributed by atoms with E-state index in [4.69, 9.17) is 9.71 Å². The van der Waals surface area contributed by atoms with Gasteiger partial charge in [-0.25, -0.2) is 9.37 Å². The summed E-state index contributed by atoms with van der Waals surface area (Å²) in [7, 11) is -4.38. The van der Waals surface area contributed by atoms with Gasteiger partial charge in [-0.2, -0.15) is 8.42 Å². The van der Waals surface area contributed by atoms with E-state index >= 15 is 0 Å². The Hall–Kier alpha value is -3.43. The van der Waals surface area contributed by atoms with Crippen LogP contribution in [0.5, 0.6) is 5.75 Å². The Morgan fingerprint density at radius 1 is 1.27 bits per heavy atom. The van der Waals surface area contributed by atoms with Crippen LogP contribution < -0.4 is 4.18 Å². The van der Waals surface area contributed by atoms with Crippen LogP contribution in [0.1, 0.15) is 36.8 Å². The van der Waals surface area contributed by atoms with Gasteiger partial charge in [0, 0.05) is 23.4 Å². The van der Waals surface area contributed by atoms with Crippen LogP contribution >= 0.6 is 0 Å². The molecule has 0 unspecified atom stereocenters. The largest absolute Gasteiger partial charge is 0.378 e. The Morgan fingerprint density at radius 3 is 2.63 bits per heavy atom. The lowest BCUT2D eigenvalue weighted by Crippen LogP contribution is -2.19. The first-order valence-corrected chi connectivity index (χ1v) is 10.4. The van der Waals surface area contributed by atoms with E-state index in [9.17, 15) is 12.8 Å². The first-order valence-electron chi connectivity index (χ1n) is 9.01. The van der Waals surface area contributed by atoms with Gasteiger partial charge < -0.3 is 8.75 Å². The van der Waals surface area contributed by atoms with E-state index in [0.29, 0.717) is 0 Å². The van der Waals surface area contributed by atoms with E-state index in [1.54, 1.807) is 38.4 Å². The first kappa shape index (κ1) is 21.3. The standard InChI is InChI=1S/C19H19FN6O3S/c1-13(2)18-19(30(27,28)29-16-5-3-4-15(20)10-16)26(17(24-18)11-23-25-21)12-14-6-8-22-9-7-14/h3-10,13H,11-12H2,1-2H3. The number of nitrogens with zero attached hydrogens (tertiary/aromatic N) is 6. The number of azide groups is 1. The Balaban J connectivity index is 2.16. The number of hydrogen-bond acceptors (Lipinski definition) is 6. The molecule has 0 aliphatic heterocycles. The van der Waals surface area contributed by atoms with Gasteiger partial charge in [-0.3, -0.25) is 4.98 Å². The van der Waals surface area contributed by atoms with Gasteiger partial charge in [-0.05, 0) is 41.3 Å². The number of hydrogen-bond donors (Lipinski definition) is 0. The molecule has 0 radical (unpaired) electrons. The summed E-state index contributed by atoms with van der Waals surface area (Å²) in [5.74, 6) is -0.775. The maximum absolute atomic E-state index is 13.5. The number of halogens is 1. The minimum Gasteiger partial charge on any atom is -0.378 e. The van der Waals surface area contributed by atoms with Gasteiger partial charge >= 0.3 is 10.1 Å². The van der Waals surface area contributed by atoms with Gasteiger partial charge in [0.15, 0.2) is 5.03 Å². The molecular weight excluding hydrogens is 411 g/mol. The van der Waals surface area contributed by atoms with E-state index in [0.717, 1.165) is 11.6 Å². The molecule has 3 aromatic rings. The lowest BCUT2D eigenvalue weighted by molar-refractivity contribution is 0.469. The number of imidazole rings is 1. The molecule has 0 saturated heterocycles. The number of rotatable bonds is 8. The van der Waals surface area contributed by atoms with Crippen molar-refractivity contribution in [3.05, 3.63) is 82.1 Å². The van der Waals surface area contributed by atoms with Gasteiger partial charge in [0.05, 0.1) is 18.8 Å². The fourth-order valence-corrected chi connectivity index (χ4v) is 4.29. The van der Waals surface area contributed by atoms with Crippen LogP contribution in [0.3, 0.4) is 0 Å². The SMILES string of the molecule is CC(C)c1nc(CN=[N+]=[N-])n(Cc2ccncc2)c1S(=O)(=O)Oc1cccc(F)c1. The lowest BCUT2D eigenvalue weighted by Gasteiger charge is -2.14. The Bertz CT molecular complexity index is 1190. The van der Waals surface area contributed by atoms with Crippen molar-refractivity contribution in [3.63, 3.8) is 0 Å². The predicted octanol–water partition coefficient (Wildman–Crippen LogP) is 4.17. The molecule has 0 aliphatic rings. The average molecular weight is 430 g/mol. The van der Waals surface area contributed by atoms with Gasteiger partial charge in [0.25, 0.3) is 0 Å².